The molecule has 1 saturated heterocycles. The maximum absolute atomic E-state index is 5.97. The molecule has 1 aliphatic rings. The second kappa shape index (κ2) is 11.3. The van der Waals surface area contributed by atoms with E-state index in [1.165, 1.54) is 12.8 Å². The van der Waals surface area contributed by atoms with E-state index in [4.69, 9.17) is 9.47 Å². The van der Waals surface area contributed by atoms with Crippen molar-refractivity contribution < 1.29 is 9.47 Å². The number of pyridine rings is 1. The van der Waals surface area contributed by atoms with E-state index >= 15 is 0 Å². The third kappa shape index (κ3) is 6.54. The van der Waals surface area contributed by atoms with Crippen LogP contribution in [-0.2, 0) is 6.54 Å². The van der Waals surface area contributed by atoms with Gasteiger partial charge in [0.1, 0.15) is 23.4 Å². The monoisotopic (exact) mass is 411 g/mol. The minimum atomic E-state index is -0.0256. The Bertz CT molecular complexity index is 803. The van der Waals surface area contributed by atoms with E-state index in [-0.39, 0.29) is 6.10 Å². The number of benzene rings is 1. The average molecular weight is 412 g/mol. The largest absolute Gasteiger partial charge is 0.497 e. The van der Waals surface area contributed by atoms with Crippen molar-refractivity contribution in [1.82, 2.24) is 15.6 Å². The van der Waals surface area contributed by atoms with E-state index in [1.807, 2.05) is 37.4 Å². The SMILES string of the molecule is CCNC(=NCc1ccc(N2CCCC2)nc1)NCC(C)Oc1cccc(OC)c1. The van der Waals surface area contributed by atoms with Crippen molar-refractivity contribution in [3.8, 4) is 11.5 Å². The Morgan fingerprint density at radius 1 is 1.17 bits per heavy atom. The van der Waals surface area contributed by atoms with Crippen LogP contribution in [0.4, 0.5) is 5.82 Å². The number of hydrogen-bond donors (Lipinski definition) is 2. The maximum atomic E-state index is 5.97. The number of aliphatic imine (C=N–C) groups is 1. The molecule has 1 aromatic heterocycles. The van der Waals surface area contributed by atoms with Crippen LogP contribution in [0.15, 0.2) is 47.6 Å². The fraction of sp³-hybridized carbons (Fsp3) is 0.478. The van der Waals surface area contributed by atoms with Gasteiger partial charge in [0.05, 0.1) is 20.2 Å². The molecule has 7 heteroatoms. The number of methoxy groups -OCH3 is 1. The van der Waals surface area contributed by atoms with Crippen LogP contribution in [-0.4, -0.2) is 50.3 Å². The number of rotatable bonds is 9. The zero-order chi connectivity index (χ0) is 21.2. The van der Waals surface area contributed by atoms with Gasteiger partial charge >= 0.3 is 0 Å². The van der Waals surface area contributed by atoms with Gasteiger partial charge in [0.25, 0.3) is 0 Å². The van der Waals surface area contributed by atoms with E-state index in [0.717, 1.165) is 48.5 Å². The number of ether oxygens (including phenoxy) is 2. The highest BCUT2D eigenvalue weighted by Gasteiger charge is 2.13. The summed E-state index contributed by atoms with van der Waals surface area (Å²) in [6, 6.07) is 11.8. The summed E-state index contributed by atoms with van der Waals surface area (Å²) in [5.41, 5.74) is 1.09. The molecule has 1 fully saturated rings. The van der Waals surface area contributed by atoms with Crippen LogP contribution < -0.4 is 25.0 Å². The van der Waals surface area contributed by atoms with E-state index in [0.29, 0.717) is 13.1 Å². The highest BCUT2D eigenvalue weighted by atomic mass is 16.5. The van der Waals surface area contributed by atoms with E-state index in [2.05, 4.69) is 44.6 Å². The molecule has 0 bridgehead atoms. The lowest BCUT2D eigenvalue weighted by atomic mass is 10.3. The molecular weight excluding hydrogens is 378 g/mol. The molecule has 162 valence electrons. The average Bonchev–Trinajstić information content (AvgIpc) is 3.31. The lowest BCUT2D eigenvalue weighted by molar-refractivity contribution is 0.223. The molecule has 0 aliphatic carbocycles. The van der Waals surface area contributed by atoms with Gasteiger partial charge in [-0.15, -0.1) is 0 Å². The van der Waals surface area contributed by atoms with Gasteiger partial charge in [-0.3, -0.25) is 0 Å². The Labute approximate surface area is 179 Å². The number of aromatic nitrogens is 1. The minimum absolute atomic E-state index is 0.0256. The molecular formula is C23H33N5O2. The highest BCUT2D eigenvalue weighted by molar-refractivity contribution is 5.79. The predicted octanol–water partition coefficient (Wildman–Crippen LogP) is 3.21. The molecule has 1 atom stereocenters. The Morgan fingerprint density at radius 3 is 2.67 bits per heavy atom. The first-order chi connectivity index (χ1) is 14.7. The molecule has 2 aromatic rings. The van der Waals surface area contributed by atoms with Crippen LogP contribution >= 0.6 is 0 Å². The van der Waals surface area contributed by atoms with Gasteiger partial charge in [0.15, 0.2) is 5.96 Å². The Balaban J connectivity index is 1.50. The normalized spacial score (nSPS) is 15.0. The van der Waals surface area contributed by atoms with Crippen molar-refractivity contribution in [2.45, 2.75) is 39.3 Å². The fourth-order valence-corrected chi connectivity index (χ4v) is 3.34. The summed E-state index contributed by atoms with van der Waals surface area (Å²) in [5, 5.41) is 6.63. The molecule has 0 spiro atoms. The molecule has 1 aliphatic heterocycles. The maximum Gasteiger partial charge on any atom is 0.191 e. The lowest BCUT2D eigenvalue weighted by Crippen LogP contribution is -2.41. The van der Waals surface area contributed by atoms with Crippen molar-refractivity contribution in [2.75, 3.05) is 38.2 Å². The molecule has 30 heavy (non-hydrogen) atoms. The smallest absolute Gasteiger partial charge is 0.191 e. The summed E-state index contributed by atoms with van der Waals surface area (Å²) >= 11 is 0. The quantitative estimate of drug-likeness (QED) is 0.488. The van der Waals surface area contributed by atoms with Crippen molar-refractivity contribution in [3.63, 3.8) is 0 Å². The zero-order valence-corrected chi connectivity index (χ0v) is 18.2. The number of hydrogen-bond acceptors (Lipinski definition) is 5. The molecule has 0 saturated carbocycles. The standard InChI is InChI=1S/C23H33N5O2/c1-4-24-23(26-15-18(2)30-21-9-7-8-20(14-21)29-3)27-17-19-10-11-22(25-16-19)28-12-5-6-13-28/h7-11,14,16,18H,4-6,12-13,15,17H2,1-3H3,(H2,24,26,27). The van der Waals surface area contributed by atoms with Crippen LogP contribution in [0.25, 0.3) is 0 Å². The van der Waals surface area contributed by atoms with Crippen molar-refractivity contribution in [3.05, 3.63) is 48.2 Å². The highest BCUT2D eigenvalue weighted by Crippen LogP contribution is 2.20. The number of nitrogens with one attached hydrogen (secondary N) is 2. The second-order valence-electron chi connectivity index (χ2n) is 7.40. The third-order valence-corrected chi connectivity index (χ3v) is 4.94. The van der Waals surface area contributed by atoms with Crippen LogP contribution in [0, 0.1) is 0 Å². The summed E-state index contributed by atoms with van der Waals surface area (Å²) in [6.45, 7) is 8.30. The first kappa shape index (κ1) is 21.7. The first-order valence-electron chi connectivity index (χ1n) is 10.7. The first-order valence-corrected chi connectivity index (χ1v) is 10.7. The molecule has 1 aromatic carbocycles. The number of guanidine groups is 1. The summed E-state index contributed by atoms with van der Waals surface area (Å²) < 4.78 is 11.2. The molecule has 1 unspecified atom stereocenters. The summed E-state index contributed by atoms with van der Waals surface area (Å²) in [7, 11) is 1.65. The summed E-state index contributed by atoms with van der Waals surface area (Å²) in [4.78, 5) is 11.6. The molecule has 0 amide bonds. The molecule has 7 nitrogen and oxygen atoms in total. The van der Waals surface area contributed by atoms with Crippen LogP contribution in [0.2, 0.25) is 0 Å². The lowest BCUT2D eigenvalue weighted by Gasteiger charge is -2.18. The van der Waals surface area contributed by atoms with Gasteiger partial charge in [-0.1, -0.05) is 12.1 Å². The summed E-state index contributed by atoms with van der Waals surface area (Å²) in [6.07, 6.45) is 4.41. The van der Waals surface area contributed by atoms with Crippen LogP contribution in [0.5, 0.6) is 11.5 Å². The van der Waals surface area contributed by atoms with Crippen molar-refractivity contribution in [2.24, 2.45) is 4.99 Å². The molecule has 0 radical (unpaired) electrons. The number of nitrogens with zero attached hydrogens (tertiary/aromatic N) is 3. The third-order valence-electron chi connectivity index (χ3n) is 4.94. The van der Waals surface area contributed by atoms with E-state index in [1.54, 1.807) is 7.11 Å². The molecule has 2 N–H and O–H groups in total. The predicted molar refractivity (Wildman–Crippen MR) is 122 cm³/mol. The van der Waals surface area contributed by atoms with Crippen molar-refractivity contribution in [1.29, 1.82) is 0 Å². The van der Waals surface area contributed by atoms with Gasteiger partial charge in [-0.25, -0.2) is 9.98 Å². The van der Waals surface area contributed by atoms with Gasteiger partial charge in [-0.05, 0) is 50.5 Å². The van der Waals surface area contributed by atoms with Gasteiger partial charge < -0.3 is 25.0 Å². The van der Waals surface area contributed by atoms with Crippen molar-refractivity contribution >= 4 is 11.8 Å². The van der Waals surface area contributed by atoms with Gasteiger partial charge in [-0.2, -0.15) is 0 Å². The fourth-order valence-electron chi connectivity index (χ4n) is 3.34. The molecule has 3 rings (SSSR count). The minimum Gasteiger partial charge on any atom is -0.497 e. The second-order valence-corrected chi connectivity index (χ2v) is 7.40. The zero-order valence-electron chi connectivity index (χ0n) is 18.2. The van der Waals surface area contributed by atoms with E-state index < -0.39 is 0 Å². The molecule has 2 heterocycles. The van der Waals surface area contributed by atoms with E-state index in [9.17, 15) is 0 Å². The Morgan fingerprint density at radius 2 is 1.97 bits per heavy atom. The van der Waals surface area contributed by atoms with Gasteiger partial charge in [0.2, 0.25) is 0 Å². The topological polar surface area (TPSA) is 71.0 Å². The Hall–Kier alpha value is -2.96. The Kier molecular flexibility index (Phi) is 8.18. The van der Waals surface area contributed by atoms with Crippen LogP contribution in [0.1, 0.15) is 32.3 Å². The van der Waals surface area contributed by atoms with Gasteiger partial charge in [0, 0.05) is 31.9 Å². The number of anilines is 1. The van der Waals surface area contributed by atoms with Crippen LogP contribution in [0.3, 0.4) is 0 Å². The summed E-state index contributed by atoms with van der Waals surface area (Å²) in [5.74, 6) is 3.40.